The second-order valence-electron chi connectivity index (χ2n) is 8.79. The minimum atomic E-state index is 0.00873. The third kappa shape index (κ3) is 15.2. The molecule has 34 heavy (non-hydrogen) atoms. The van der Waals surface area contributed by atoms with Crippen LogP contribution in [0.25, 0.3) is 0 Å². The number of hydrogen-bond donors (Lipinski definition) is 1. The lowest BCUT2D eigenvalue weighted by molar-refractivity contribution is -0.0755. The average Bonchev–Trinajstić information content (AvgIpc) is 2.81. The van der Waals surface area contributed by atoms with Gasteiger partial charge >= 0.3 is 0 Å². The van der Waals surface area contributed by atoms with Crippen LogP contribution in [-0.2, 0) is 37.9 Å². The van der Waals surface area contributed by atoms with E-state index in [4.69, 9.17) is 37.9 Å². The first-order valence-electron chi connectivity index (χ1n) is 12.9. The molecule has 8 nitrogen and oxygen atoms in total. The minimum Gasteiger partial charge on any atom is -0.377 e. The number of thiol groups is 1. The molecular formula is C25H47O8S. The lowest BCUT2D eigenvalue weighted by Crippen LogP contribution is -2.31. The Labute approximate surface area is 212 Å². The van der Waals surface area contributed by atoms with E-state index in [1.807, 2.05) is 0 Å². The van der Waals surface area contributed by atoms with Crippen molar-refractivity contribution in [3.63, 3.8) is 0 Å². The normalized spacial score (nSPS) is 26.6. The molecule has 3 unspecified atom stereocenters. The van der Waals surface area contributed by atoms with Gasteiger partial charge in [0.1, 0.15) is 0 Å². The first-order valence-corrected chi connectivity index (χ1v) is 13.6. The molecule has 2 aliphatic rings. The lowest BCUT2D eigenvalue weighted by Gasteiger charge is -2.31. The first-order chi connectivity index (χ1) is 16.8. The van der Waals surface area contributed by atoms with Crippen molar-refractivity contribution in [2.45, 2.75) is 51.2 Å². The van der Waals surface area contributed by atoms with Crippen LogP contribution in [0.3, 0.4) is 0 Å². The molecule has 0 aromatic carbocycles. The zero-order chi connectivity index (χ0) is 24.1. The van der Waals surface area contributed by atoms with Crippen LogP contribution in [0.15, 0.2) is 0 Å². The summed E-state index contributed by atoms with van der Waals surface area (Å²) in [5, 5.41) is 0. The van der Waals surface area contributed by atoms with E-state index in [-0.39, 0.29) is 12.2 Å². The highest BCUT2D eigenvalue weighted by atomic mass is 32.1. The van der Waals surface area contributed by atoms with Gasteiger partial charge in [0.2, 0.25) is 0 Å². The maximum absolute atomic E-state index is 6.18. The van der Waals surface area contributed by atoms with Crippen molar-refractivity contribution in [1.82, 2.24) is 0 Å². The Kier molecular flexibility index (Phi) is 18.8. The predicted molar refractivity (Wildman–Crippen MR) is 134 cm³/mol. The summed E-state index contributed by atoms with van der Waals surface area (Å²) in [5.74, 6) is 2.75. The van der Waals surface area contributed by atoms with Crippen molar-refractivity contribution in [2.24, 2.45) is 5.92 Å². The summed E-state index contributed by atoms with van der Waals surface area (Å²) in [6.07, 6.45) is 5.17. The van der Waals surface area contributed by atoms with Crippen LogP contribution in [0.2, 0.25) is 0 Å². The van der Waals surface area contributed by atoms with Gasteiger partial charge in [-0.1, -0.05) is 13.3 Å². The van der Waals surface area contributed by atoms with Gasteiger partial charge in [-0.05, 0) is 43.3 Å². The van der Waals surface area contributed by atoms with Crippen molar-refractivity contribution in [3.05, 3.63) is 5.92 Å². The van der Waals surface area contributed by atoms with E-state index in [0.29, 0.717) is 98.4 Å². The van der Waals surface area contributed by atoms with E-state index in [0.717, 1.165) is 37.9 Å². The summed E-state index contributed by atoms with van der Waals surface area (Å²) in [5.41, 5.74) is 0. The van der Waals surface area contributed by atoms with Gasteiger partial charge in [0, 0.05) is 0 Å². The zero-order valence-electron chi connectivity index (χ0n) is 21.1. The third-order valence-corrected chi connectivity index (χ3v) is 6.33. The highest BCUT2D eigenvalue weighted by Gasteiger charge is 2.26. The number of ether oxygens (including phenoxy) is 8. The monoisotopic (exact) mass is 507 g/mol. The molecule has 2 rings (SSSR count). The van der Waals surface area contributed by atoms with Gasteiger partial charge in [-0.25, -0.2) is 0 Å². The Hall–Kier alpha value is 0.0300. The summed E-state index contributed by atoms with van der Waals surface area (Å²) in [6.45, 7) is 10.3. The number of rotatable bonds is 9. The molecule has 0 N–H and O–H groups in total. The number of hydrogen-bond acceptors (Lipinski definition) is 9. The van der Waals surface area contributed by atoms with Gasteiger partial charge in [-0.15, -0.1) is 0 Å². The SMILES string of the molecule is C[C](CC1COCCOCCOCCO1)C(CCCCS)CC1COCCOCCOCCO1. The molecule has 2 saturated heterocycles. The minimum absolute atomic E-state index is 0.00873. The molecule has 3 atom stereocenters. The van der Waals surface area contributed by atoms with E-state index in [1.165, 1.54) is 5.92 Å². The fraction of sp³-hybridized carbons (Fsp3) is 0.960. The van der Waals surface area contributed by atoms with Gasteiger partial charge in [0.25, 0.3) is 0 Å². The molecule has 0 spiro atoms. The summed E-state index contributed by atoms with van der Waals surface area (Å²) in [4.78, 5) is 0. The molecule has 2 fully saturated rings. The highest BCUT2D eigenvalue weighted by molar-refractivity contribution is 7.80. The second kappa shape index (κ2) is 21.1. The molecular weight excluding hydrogens is 460 g/mol. The van der Waals surface area contributed by atoms with Crippen molar-refractivity contribution in [1.29, 1.82) is 0 Å². The topological polar surface area (TPSA) is 73.8 Å². The van der Waals surface area contributed by atoms with Crippen LogP contribution < -0.4 is 0 Å². The van der Waals surface area contributed by atoms with Crippen LogP contribution in [-0.4, -0.2) is 110 Å². The van der Waals surface area contributed by atoms with Crippen molar-refractivity contribution < 1.29 is 37.9 Å². The maximum Gasteiger partial charge on any atom is 0.0815 e. The van der Waals surface area contributed by atoms with Gasteiger partial charge in [0.15, 0.2) is 0 Å². The van der Waals surface area contributed by atoms with Crippen molar-refractivity contribution in [3.8, 4) is 0 Å². The van der Waals surface area contributed by atoms with Crippen molar-refractivity contribution in [2.75, 3.05) is 98.2 Å². The number of unbranched alkanes of at least 4 members (excludes halogenated alkanes) is 1. The smallest absolute Gasteiger partial charge is 0.0815 e. The standard InChI is InChI=1S/C25H47O8S/c1-22(18-24-20-30-11-9-26-5-7-28-13-15-32-24)23(4-2-3-17-34)19-25-21-31-12-10-27-6-8-29-14-16-33-25/h23-25,34H,2-21H2,1H3. The largest absolute Gasteiger partial charge is 0.377 e. The Bertz CT molecular complexity index is 435. The van der Waals surface area contributed by atoms with Crippen molar-refractivity contribution >= 4 is 12.6 Å². The third-order valence-electron chi connectivity index (χ3n) is 6.01. The summed E-state index contributed by atoms with van der Waals surface area (Å²) in [7, 11) is 0. The van der Waals surface area contributed by atoms with Gasteiger partial charge < -0.3 is 37.9 Å². The molecule has 201 valence electrons. The molecule has 0 aliphatic carbocycles. The highest BCUT2D eigenvalue weighted by Crippen LogP contribution is 2.31. The Morgan fingerprint density at radius 2 is 1.12 bits per heavy atom. The molecule has 9 heteroatoms. The fourth-order valence-corrected chi connectivity index (χ4v) is 4.34. The van der Waals surface area contributed by atoms with Crippen LogP contribution in [0.4, 0.5) is 0 Å². The predicted octanol–water partition coefficient (Wildman–Crippen LogP) is 2.97. The summed E-state index contributed by atoms with van der Waals surface area (Å²) >= 11 is 4.40. The molecule has 0 amide bonds. The van der Waals surface area contributed by atoms with E-state index in [1.54, 1.807) is 0 Å². The molecule has 0 bridgehead atoms. The Morgan fingerprint density at radius 1 is 0.647 bits per heavy atom. The van der Waals surface area contributed by atoms with Gasteiger partial charge in [0.05, 0.1) is 105 Å². The fourth-order valence-electron chi connectivity index (χ4n) is 4.12. The molecule has 2 heterocycles. The average molecular weight is 508 g/mol. The molecule has 1 radical (unpaired) electrons. The van der Waals surface area contributed by atoms with Crippen LogP contribution >= 0.6 is 12.6 Å². The molecule has 0 saturated carbocycles. The molecule has 2 aliphatic heterocycles. The quantitative estimate of drug-likeness (QED) is 0.377. The van der Waals surface area contributed by atoms with Crippen LogP contribution in [0, 0.1) is 11.8 Å². The van der Waals surface area contributed by atoms with Gasteiger partial charge in [-0.2, -0.15) is 12.6 Å². The Balaban J connectivity index is 1.91. The molecule has 0 aromatic heterocycles. The van der Waals surface area contributed by atoms with E-state index in [2.05, 4.69) is 19.6 Å². The van der Waals surface area contributed by atoms with E-state index >= 15 is 0 Å². The Morgan fingerprint density at radius 3 is 1.68 bits per heavy atom. The van der Waals surface area contributed by atoms with E-state index < -0.39 is 0 Å². The summed E-state index contributed by atoms with van der Waals surface area (Å²) in [6, 6.07) is 0. The maximum atomic E-state index is 6.18. The van der Waals surface area contributed by atoms with Crippen LogP contribution in [0.1, 0.15) is 39.0 Å². The zero-order valence-corrected chi connectivity index (χ0v) is 22.0. The second-order valence-corrected chi connectivity index (χ2v) is 9.23. The summed E-state index contributed by atoms with van der Waals surface area (Å²) < 4.78 is 46.2. The van der Waals surface area contributed by atoms with E-state index in [9.17, 15) is 0 Å². The molecule has 0 aromatic rings. The lowest BCUT2D eigenvalue weighted by atomic mass is 9.82. The first kappa shape index (κ1) is 30.3. The van der Waals surface area contributed by atoms with Gasteiger partial charge in [-0.3, -0.25) is 0 Å². The van der Waals surface area contributed by atoms with Crippen LogP contribution in [0.5, 0.6) is 0 Å².